The van der Waals surface area contributed by atoms with Gasteiger partial charge in [-0.2, -0.15) is 4.31 Å². The number of carbonyl (C=O) groups excluding carboxylic acids is 1. The number of amides is 1. The van der Waals surface area contributed by atoms with Crippen LogP contribution in [0, 0.1) is 0 Å². The van der Waals surface area contributed by atoms with E-state index in [4.69, 9.17) is 15.2 Å². The van der Waals surface area contributed by atoms with Gasteiger partial charge in [-0.3, -0.25) is 4.79 Å². The quantitative estimate of drug-likeness (QED) is 0.738. The molecule has 0 saturated carbocycles. The number of hydrogen-bond donors (Lipinski definition) is 2. The predicted molar refractivity (Wildman–Crippen MR) is 93.2 cm³/mol. The lowest BCUT2D eigenvalue weighted by Crippen LogP contribution is -2.45. The molecule has 9 heteroatoms. The maximum absolute atomic E-state index is 12.8. The molecule has 0 aromatic heterocycles. The summed E-state index contributed by atoms with van der Waals surface area (Å²) < 4.78 is 37.2. The molecule has 0 spiro atoms. The highest BCUT2D eigenvalue weighted by atomic mass is 32.2. The predicted octanol–water partition coefficient (Wildman–Crippen LogP) is 0.183. The molecule has 0 atom stereocenters. The Bertz CT molecular complexity index is 722. The summed E-state index contributed by atoms with van der Waals surface area (Å²) in [5, 5.41) is 2.70. The highest BCUT2D eigenvalue weighted by molar-refractivity contribution is 7.89. The van der Waals surface area contributed by atoms with Crippen molar-refractivity contribution in [1.82, 2.24) is 9.62 Å². The van der Waals surface area contributed by atoms with Crippen molar-refractivity contribution in [2.24, 2.45) is 5.73 Å². The van der Waals surface area contributed by atoms with Crippen LogP contribution in [0.15, 0.2) is 23.1 Å². The molecule has 2 rings (SSSR count). The molecule has 1 aliphatic heterocycles. The molecule has 1 aliphatic rings. The molecule has 1 saturated heterocycles. The fourth-order valence-electron chi connectivity index (χ4n) is 2.36. The van der Waals surface area contributed by atoms with E-state index in [1.807, 2.05) is 0 Å². The van der Waals surface area contributed by atoms with Gasteiger partial charge in [0.25, 0.3) is 5.91 Å². The molecule has 1 heterocycles. The Morgan fingerprint density at radius 2 is 2.00 bits per heavy atom. The minimum Gasteiger partial charge on any atom is -0.496 e. The molecule has 1 aromatic carbocycles. The molecule has 1 aromatic rings. The van der Waals surface area contributed by atoms with Gasteiger partial charge >= 0.3 is 0 Å². The van der Waals surface area contributed by atoms with Gasteiger partial charge < -0.3 is 20.5 Å². The van der Waals surface area contributed by atoms with Crippen LogP contribution in [0.1, 0.15) is 24.2 Å². The van der Waals surface area contributed by atoms with Crippen molar-refractivity contribution in [1.29, 1.82) is 0 Å². The first-order chi connectivity index (χ1) is 11.6. The average Bonchev–Trinajstić information content (AvgIpc) is 2.59. The van der Waals surface area contributed by atoms with Crippen molar-refractivity contribution in [3.05, 3.63) is 23.8 Å². The summed E-state index contributed by atoms with van der Waals surface area (Å²) in [4.78, 5) is 12.5. The largest absolute Gasteiger partial charge is 0.496 e. The normalized spacial score (nSPS) is 16.5. The Kier molecular flexibility index (Phi) is 6.04. The highest BCUT2D eigenvalue weighted by Gasteiger charge is 2.28. The van der Waals surface area contributed by atoms with Crippen LogP contribution >= 0.6 is 0 Å². The second-order valence-electron chi connectivity index (χ2n) is 6.55. The molecule has 8 nitrogen and oxygen atoms in total. The van der Waals surface area contributed by atoms with Crippen molar-refractivity contribution in [2.75, 3.05) is 40.0 Å². The molecular formula is C16H25N3O5S. The maximum Gasteiger partial charge on any atom is 0.255 e. The van der Waals surface area contributed by atoms with E-state index < -0.39 is 21.5 Å². The summed E-state index contributed by atoms with van der Waals surface area (Å²) in [5.41, 5.74) is 5.44. The molecule has 0 unspecified atom stereocenters. The fourth-order valence-corrected chi connectivity index (χ4v) is 3.80. The number of nitrogens with two attached hydrogens (primary N) is 1. The van der Waals surface area contributed by atoms with Crippen LogP contribution in [-0.4, -0.2) is 64.1 Å². The zero-order chi connectivity index (χ0) is 18.7. The van der Waals surface area contributed by atoms with E-state index >= 15 is 0 Å². The van der Waals surface area contributed by atoms with Gasteiger partial charge in [0.1, 0.15) is 5.75 Å². The van der Waals surface area contributed by atoms with E-state index in [0.29, 0.717) is 19.0 Å². The summed E-state index contributed by atoms with van der Waals surface area (Å²) in [6, 6.07) is 4.26. The molecule has 25 heavy (non-hydrogen) atoms. The Morgan fingerprint density at radius 1 is 1.36 bits per heavy atom. The van der Waals surface area contributed by atoms with E-state index in [-0.39, 0.29) is 30.1 Å². The van der Waals surface area contributed by atoms with Crippen LogP contribution in [0.25, 0.3) is 0 Å². The fraction of sp³-hybridized carbons (Fsp3) is 0.562. The topological polar surface area (TPSA) is 111 Å². The van der Waals surface area contributed by atoms with Crippen molar-refractivity contribution < 1.29 is 22.7 Å². The van der Waals surface area contributed by atoms with Gasteiger partial charge in [-0.15, -0.1) is 0 Å². The standard InChI is InChI=1S/C16H25N3O5S/c1-16(2,17)11-18-15(20)13-10-12(4-5-14(13)23-3)25(21,22)19-6-8-24-9-7-19/h4-5,10H,6-9,11,17H2,1-3H3,(H,18,20). The van der Waals surface area contributed by atoms with Crippen molar-refractivity contribution >= 4 is 15.9 Å². The summed E-state index contributed by atoms with van der Waals surface area (Å²) >= 11 is 0. The maximum atomic E-state index is 12.8. The number of sulfonamides is 1. The molecule has 0 radical (unpaired) electrons. The third kappa shape index (κ3) is 4.91. The van der Waals surface area contributed by atoms with E-state index in [0.717, 1.165) is 0 Å². The number of carbonyl (C=O) groups is 1. The number of nitrogens with one attached hydrogen (secondary N) is 1. The Labute approximate surface area is 148 Å². The van der Waals surface area contributed by atoms with Crippen LogP contribution in [0.2, 0.25) is 0 Å². The van der Waals surface area contributed by atoms with Crippen molar-refractivity contribution in [3.63, 3.8) is 0 Å². The Hall–Kier alpha value is -1.68. The second kappa shape index (κ2) is 7.69. The second-order valence-corrected chi connectivity index (χ2v) is 8.49. The first-order valence-corrected chi connectivity index (χ1v) is 9.42. The average molecular weight is 371 g/mol. The summed E-state index contributed by atoms with van der Waals surface area (Å²) in [5.74, 6) is -0.136. The third-order valence-corrected chi connectivity index (χ3v) is 5.62. The van der Waals surface area contributed by atoms with Crippen LogP contribution in [-0.2, 0) is 14.8 Å². The monoisotopic (exact) mass is 371 g/mol. The first kappa shape index (κ1) is 19.6. The number of methoxy groups -OCH3 is 1. The van der Waals surface area contributed by atoms with E-state index in [1.54, 1.807) is 13.8 Å². The van der Waals surface area contributed by atoms with Gasteiger partial charge in [0, 0.05) is 25.2 Å². The third-order valence-electron chi connectivity index (χ3n) is 3.73. The van der Waals surface area contributed by atoms with Crippen LogP contribution in [0.5, 0.6) is 5.75 Å². The van der Waals surface area contributed by atoms with Gasteiger partial charge in [0.2, 0.25) is 10.0 Å². The number of benzene rings is 1. The number of hydrogen-bond acceptors (Lipinski definition) is 6. The van der Waals surface area contributed by atoms with E-state index in [9.17, 15) is 13.2 Å². The van der Waals surface area contributed by atoms with Gasteiger partial charge in [-0.05, 0) is 32.0 Å². The SMILES string of the molecule is COc1ccc(S(=O)(=O)N2CCOCC2)cc1C(=O)NCC(C)(C)N. The lowest BCUT2D eigenvalue weighted by Gasteiger charge is -2.26. The van der Waals surface area contributed by atoms with E-state index in [2.05, 4.69) is 5.32 Å². The number of morpholine rings is 1. The lowest BCUT2D eigenvalue weighted by molar-refractivity contribution is 0.0730. The number of nitrogens with zero attached hydrogens (tertiary/aromatic N) is 1. The van der Waals surface area contributed by atoms with Crippen LogP contribution < -0.4 is 15.8 Å². The van der Waals surface area contributed by atoms with Crippen molar-refractivity contribution in [3.8, 4) is 5.75 Å². The molecule has 0 bridgehead atoms. The number of ether oxygens (including phenoxy) is 2. The van der Waals surface area contributed by atoms with Gasteiger partial charge in [0.05, 0.1) is 30.8 Å². The Balaban J connectivity index is 2.31. The lowest BCUT2D eigenvalue weighted by atomic mass is 10.1. The summed E-state index contributed by atoms with van der Waals surface area (Å²) in [6.07, 6.45) is 0. The van der Waals surface area contributed by atoms with Crippen LogP contribution in [0.4, 0.5) is 0 Å². The first-order valence-electron chi connectivity index (χ1n) is 7.98. The Morgan fingerprint density at radius 3 is 2.56 bits per heavy atom. The zero-order valence-electron chi connectivity index (χ0n) is 14.7. The summed E-state index contributed by atoms with van der Waals surface area (Å²) in [6.45, 7) is 5.10. The van der Waals surface area contributed by atoms with Gasteiger partial charge in [-0.1, -0.05) is 0 Å². The molecule has 1 amide bonds. The highest BCUT2D eigenvalue weighted by Crippen LogP contribution is 2.25. The molecule has 3 N–H and O–H groups in total. The molecule has 1 fully saturated rings. The molecule has 0 aliphatic carbocycles. The van der Waals surface area contributed by atoms with E-state index in [1.165, 1.54) is 29.6 Å². The zero-order valence-corrected chi connectivity index (χ0v) is 15.6. The number of rotatable bonds is 6. The minimum absolute atomic E-state index is 0.0485. The molecule has 140 valence electrons. The van der Waals surface area contributed by atoms with Crippen LogP contribution in [0.3, 0.4) is 0 Å². The van der Waals surface area contributed by atoms with Gasteiger partial charge in [-0.25, -0.2) is 8.42 Å². The molecular weight excluding hydrogens is 346 g/mol. The summed E-state index contributed by atoms with van der Waals surface area (Å²) in [7, 11) is -2.27. The van der Waals surface area contributed by atoms with Crippen molar-refractivity contribution in [2.45, 2.75) is 24.3 Å². The smallest absolute Gasteiger partial charge is 0.255 e. The minimum atomic E-state index is -3.69. The van der Waals surface area contributed by atoms with Gasteiger partial charge in [0.15, 0.2) is 0 Å².